The molecule has 0 saturated heterocycles. The van der Waals surface area contributed by atoms with Crippen molar-refractivity contribution in [2.45, 2.75) is 39.8 Å². The first kappa shape index (κ1) is 16.7. The van der Waals surface area contributed by atoms with Gasteiger partial charge in [-0.3, -0.25) is 9.48 Å². The van der Waals surface area contributed by atoms with Crippen LogP contribution in [0.2, 0.25) is 0 Å². The van der Waals surface area contributed by atoms with Crippen molar-refractivity contribution >= 4 is 15.7 Å². The molecule has 0 spiro atoms. The van der Waals surface area contributed by atoms with Crippen LogP contribution in [0.25, 0.3) is 0 Å². The Hall–Kier alpha value is -1.37. The van der Waals surface area contributed by atoms with Crippen LogP contribution in [-0.4, -0.2) is 53.1 Å². The van der Waals surface area contributed by atoms with Gasteiger partial charge in [-0.1, -0.05) is 6.92 Å². The van der Waals surface area contributed by atoms with E-state index in [4.69, 9.17) is 0 Å². The minimum absolute atomic E-state index is 0.00505. The van der Waals surface area contributed by atoms with E-state index in [9.17, 15) is 13.2 Å². The van der Waals surface area contributed by atoms with Gasteiger partial charge in [0.15, 0.2) is 9.84 Å². The van der Waals surface area contributed by atoms with Gasteiger partial charge in [-0.05, 0) is 26.8 Å². The summed E-state index contributed by atoms with van der Waals surface area (Å²) in [4.78, 5) is 14.1. The molecule has 1 heterocycles. The number of rotatable bonds is 7. The van der Waals surface area contributed by atoms with E-state index in [1.165, 1.54) is 0 Å². The van der Waals surface area contributed by atoms with E-state index < -0.39 is 15.9 Å². The predicted octanol–water partition coefficient (Wildman–Crippen LogP) is 1.12. The molecule has 0 aromatic carbocycles. The molecule has 6 nitrogen and oxygen atoms in total. The Morgan fingerprint density at radius 2 is 2.00 bits per heavy atom. The first-order valence-electron chi connectivity index (χ1n) is 6.82. The van der Waals surface area contributed by atoms with Gasteiger partial charge < -0.3 is 4.90 Å². The summed E-state index contributed by atoms with van der Waals surface area (Å²) >= 11 is 0. The average Bonchev–Trinajstić information content (AvgIpc) is 2.91. The Morgan fingerprint density at radius 1 is 1.35 bits per heavy atom. The van der Waals surface area contributed by atoms with Crippen LogP contribution in [0.4, 0.5) is 0 Å². The maximum absolute atomic E-state index is 12.5. The van der Waals surface area contributed by atoms with E-state index in [2.05, 4.69) is 5.10 Å². The van der Waals surface area contributed by atoms with Gasteiger partial charge in [-0.15, -0.1) is 0 Å². The summed E-state index contributed by atoms with van der Waals surface area (Å²) in [7, 11) is -3.10. The van der Waals surface area contributed by atoms with Gasteiger partial charge in [0.25, 0.3) is 0 Å². The Bertz CT molecular complexity index is 525. The van der Waals surface area contributed by atoms with Crippen molar-refractivity contribution in [3.8, 4) is 0 Å². The lowest BCUT2D eigenvalue weighted by Crippen LogP contribution is -2.45. The first-order chi connectivity index (χ1) is 9.32. The van der Waals surface area contributed by atoms with Gasteiger partial charge in [0.1, 0.15) is 6.04 Å². The molecule has 0 bridgehead atoms. The molecule has 0 aliphatic rings. The summed E-state index contributed by atoms with van der Waals surface area (Å²) in [5.74, 6) is -0.0258. The highest BCUT2D eigenvalue weighted by Gasteiger charge is 2.27. The fourth-order valence-corrected chi connectivity index (χ4v) is 3.27. The Balaban J connectivity index is 2.82. The van der Waals surface area contributed by atoms with E-state index in [-0.39, 0.29) is 23.5 Å². The van der Waals surface area contributed by atoms with E-state index in [1.807, 2.05) is 6.92 Å². The summed E-state index contributed by atoms with van der Waals surface area (Å²) in [6.07, 6.45) is 3.34. The largest absolute Gasteiger partial charge is 0.337 e. The molecule has 0 unspecified atom stereocenters. The topological polar surface area (TPSA) is 72.3 Å². The van der Waals surface area contributed by atoms with Crippen LogP contribution in [0.15, 0.2) is 18.5 Å². The van der Waals surface area contributed by atoms with Gasteiger partial charge in [-0.25, -0.2) is 8.42 Å². The fourth-order valence-electron chi connectivity index (χ4n) is 2.12. The second-order valence-corrected chi connectivity index (χ2v) is 7.23. The third-order valence-electron chi connectivity index (χ3n) is 3.37. The molecule has 0 fully saturated rings. The zero-order valence-electron chi connectivity index (χ0n) is 12.5. The van der Waals surface area contributed by atoms with Crippen molar-refractivity contribution in [3.05, 3.63) is 18.5 Å². The molecular weight excluding hydrogens is 278 g/mol. The third kappa shape index (κ3) is 4.06. The molecule has 114 valence electrons. The van der Waals surface area contributed by atoms with Crippen LogP contribution < -0.4 is 0 Å². The maximum Gasteiger partial charge on any atom is 0.247 e. The molecule has 0 radical (unpaired) electrons. The Labute approximate surface area is 120 Å². The number of hydrogen-bond donors (Lipinski definition) is 0. The summed E-state index contributed by atoms with van der Waals surface area (Å²) in [6, 6.07) is 0.984. The standard InChI is InChI=1S/C13H23N3O3S/c1-5-15(11(3)10-20(18,19)6-2)13(17)12(4)16-9-7-8-14-16/h7-9,11-12H,5-6,10H2,1-4H3/t11-,12-/m1/s1. The summed E-state index contributed by atoms with van der Waals surface area (Å²) < 4.78 is 25.0. The van der Waals surface area contributed by atoms with Crippen molar-refractivity contribution in [3.63, 3.8) is 0 Å². The zero-order chi connectivity index (χ0) is 15.3. The van der Waals surface area contributed by atoms with Crippen LogP contribution in [0.5, 0.6) is 0 Å². The molecule has 0 aliphatic heterocycles. The van der Waals surface area contributed by atoms with Crippen LogP contribution in [0.3, 0.4) is 0 Å². The molecule has 7 heteroatoms. The second kappa shape index (κ2) is 6.88. The first-order valence-corrected chi connectivity index (χ1v) is 8.64. The number of likely N-dealkylation sites (N-methyl/N-ethyl adjacent to an activating group) is 1. The van der Waals surface area contributed by atoms with Crippen molar-refractivity contribution in [1.82, 2.24) is 14.7 Å². The smallest absolute Gasteiger partial charge is 0.247 e. The minimum atomic E-state index is -3.10. The molecule has 1 aromatic rings. The minimum Gasteiger partial charge on any atom is -0.337 e. The second-order valence-electron chi connectivity index (χ2n) is 4.83. The van der Waals surface area contributed by atoms with Crippen molar-refractivity contribution < 1.29 is 13.2 Å². The summed E-state index contributed by atoms with van der Waals surface area (Å²) in [6.45, 7) is 7.48. The number of aromatic nitrogens is 2. The highest BCUT2D eigenvalue weighted by molar-refractivity contribution is 7.91. The van der Waals surface area contributed by atoms with Gasteiger partial charge in [0, 0.05) is 30.7 Å². The van der Waals surface area contributed by atoms with E-state index in [0.717, 1.165) is 0 Å². The Kier molecular flexibility index (Phi) is 5.74. The molecule has 20 heavy (non-hydrogen) atoms. The van der Waals surface area contributed by atoms with Gasteiger partial charge in [0.2, 0.25) is 5.91 Å². The van der Waals surface area contributed by atoms with Crippen LogP contribution in [-0.2, 0) is 14.6 Å². The van der Waals surface area contributed by atoms with Crippen LogP contribution >= 0.6 is 0 Å². The normalized spacial score (nSPS) is 14.8. The van der Waals surface area contributed by atoms with E-state index >= 15 is 0 Å². The predicted molar refractivity (Wildman–Crippen MR) is 78.1 cm³/mol. The molecule has 1 aromatic heterocycles. The lowest BCUT2D eigenvalue weighted by atomic mass is 10.2. The van der Waals surface area contributed by atoms with Gasteiger partial charge >= 0.3 is 0 Å². The van der Waals surface area contributed by atoms with Gasteiger partial charge in [0.05, 0.1) is 5.75 Å². The number of nitrogens with zero attached hydrogens (tertiary/aromatic N) is 3. The molecular formula is C13H23N3O3S. The number of amides is 1. The summed E-state index contributed by atoms with van der Waals surface area (Å²) in [5.41, 5.74) is 0. The van der Waals surface area contributed by atoms with Crippen molar-refractivity contribution in [2.75, 3.05) is 18.1 Å². The van der Waals surface area contributed by atoms with E-state index in [1.54, 1.807) is 48.8 Å². The number of carbonyl (C=O) groups excluding carboxylic acids is 1. The molecule has 1 amide bonds. The quantitative estimate of drug-likeness (QED) is 0.756. The molecule has 0 aliphatic carbocycles. The highest BCUT2D eigenvalue weighted by atomic mass is 32.2. The molecule has 0 saturated carbocycles. The number of sulfone groups is 1. The third-order valence-corrected chi connectivity index (χ3v) is 5.24. The van der Waals surface area contributed by atoms with Crippen LogP contribution in [0, 0.1) is 0 Å². The molecule has 1 rings (SSSR count). The average molecular weight is 301 g/mol. The van der Waals surface area contributed by atoms with E-state index in [0.29, 0.717) is 6.54 Å². The lowest BCUT2D eigenvalue weighted by Gasteiger charge is -2.30. The summed E-state index contributed by atoms with van der Waals surface area (Å²) in [5, 5.41) is 4.05. The van der Waals surface area contributed by atoms with Crippen molar-refractivity contribution in [2.24, 2.45) is 0 Å². The molecule has 2 atom stereocenters. The lowest BCUT2D eigenvalue weighted by molar-refractivity contribution is -0.136. The zero-order valence-corrected chi connectivity index (χ0v) is 13.3. The fraction of sp³-hybridized carbons (Fsp3) is 0.692. The maximum atomic E-state index is 12.5. The monoisotopic (exact) mass is 301 g/mol. The van der Waals surface area contributed by atoms with Crippen LogP contribution in [0.1, 0.15) is 33.7 Å². The number of carbonyl (C=O) groups is 1. The SMILES string of the molecule is CCN(C(=O)[C@@H](C)n1cccn1)[C@H](C)CS(=O)(=O)CC. The highest BCUT2D eigenvalue weighted by Crippen LogP contribution is 2.13. The van der Waals surface area contributed by atoms with Crippen molar-refractivity contribution in [1.29, 1.82) is 0 Å². The Morgan fingerprint density at radius 3 is 2.45 bits per heavy atom. The van der Waals surface area contributed by atoms with Gasteiger partial charge in [-0.2, -0.15) is 5.10 Å². The number of hydrogen-bond acceptors (Lipinski definition) is 4. The molecule has 0 N–H and O–H groups in total.